The maximum Gasteiger partial charge on any atom is 0.0531 e. The molecule has 1 nitrogen and oxygen atoms in total. The minimum Gasteiger partial charge on any atom is -0.260 e. The minimum absolute atomic E-state index is 1.02. The first-order valence-corrected chi connectivity index (χ1v) is 4.63. The van der Waals surface area contributed by atoms with Crippen molar-refractivity contribution in [1.29, 1.82) is 0 Å². The van der Waals surface area contributed by atoms with Gasteiger partial charge in [-0.05, 0) is 24.8 Å². The van der Waals surface area contributed by atoms with Crippen LogP contribution in [0.3, 0.4) is 0 Å². The molecule has 1 aromatic rings. The van der Waals surface area contributed by atoms with Gasteiger partial charge in [-0.1, -0.05) is 6.07 Å². The molecular formula is C8H11NS. The van der Waals surface area contributed by atoms with Gasteiger partial charge in [0.2, 0.25) is 0 Å². The molecule has 1 heterocycles. The number of nitrogens with zero attached hydrogens (tertiary/aromatic N) is 1. The van der Waals surface area contributed by atoms with E-state index < -0.39 is 0 Å². The van der Waals surface area contributed by atoms with Gasteiger partial charge >= 0.3 is 0 Å². The van der Waals surface area contributed by atoms with E-state index in [1.807, 2.05) is 12.3 Å². The molecule has 0 N–H and O–H groups in total. The van der Waals surface area contributed by atoms with Crippen LogP contribution in [-0.4, -0.2) is 11.2 Å². The van der Waals surface area contributed by atoms with Crippen LogP contribution in [0.4, 0.5) is 0 Å². The van der Waals surface area contributed by atoms with Crippen LogP contribution in [-0.2, 0) is 5.75 Å². The Bertz CT molecular complexity index is 210. The van der Waals surface area contributed by atoms with Crippen molar-refractivity contribution >= 4 is 11.8 Å². The zero-order valence-electron chi connectivity index (χ0n) is 6.29. The Morgan fingerprint density at radius 2 is 2.40 bits per heavy atom. The SMILES string of the molecule is CSCc1ncccc1C. The molecule has 0 spiro atoms. The maximum atomic E-state index is 4.25. The van der Waals surface area contributed by atoms with Crippen LogP contribution in [0.2, 0.25) is 0 Å². The van der Waals surface area contributed by atoms with Crippen LogP contribution in [0.25, 0.3) is 0 Å². The number of rotatable bonds is 2. The molecule has 0 aliphatic carbocycles. The first-order valence-electron chi connectivity index (χ1n) is 3.24. The van der Waals surface area contributed by atoms with Crippen molar-refractivity contribution < 1.29 is 0 Å². The van der Waals surface area contributed by atoms with Crippen LogP contribution in [0.1, 0.15) is 11.3 Å². The minimum atomic E-state index is 1.02. The molecule has 0 saturated heterocycles. The molecule has 54 valence electrons. The third kappa shape index (κ3) is 1.74. The van der Waals surface area contributed by atoms with E-state index in [9.17, 15) is 0 Å². The molecule has 1 aromatic heterocycles. The summed E-state index contributed by atoms with van der Waals surface area (Å²) < 4.78 is 0. The van der Waals surface area contributed by atoms with Gasteiger partial charge in [0, 0.05) is 11.9 Å². The highest BCUT2D eigenvalue weighted by Gasteiger charge is 1.94. The summed E-state index contributed by atoms with van der Waals surface area (Å²) in [5.74, 6) is 1.02. The van der Waals surface area contributed by atoms with Crippen molar-refractivity contribution in [3.05, 3.63) is 29.6 Å². The first-order chi connectivity index (χ1) is 4.84. The van der Waals surface area contributed by atoms with E-state index in [2.05, 4.69) is 24.2 Å². The number of aryl methyl sites for hydroxylation is 1. The molecule has 0 aromatic carbocycles. The summed E-state index contributed by atoms with van der Waals surface area (Å²) in [4.78, 5) is 4.25. The third-order valence-electron chi connectivity index (χ3n) is 1.40. The van der Waals surface area contributed by atoms with Gasteiger partial charge < -0.3 is 0 Å². The van der Waals surface area contributed by atoms with Gasteiger partial charge in [0.1, 0.15) is 0 Å². The molecule has 2 heteroatoms. The molecule has 0 aliphatic heterocycles. The van der Waals surface area contributed by atoms with E-state index in [4.69, 9.17) is 0 Å². The van der Waals surface area contributed by atoms with E-state index in [1.165, 1.54) is 11.3 Å². The average molecular weight is 153 g/mol. The van der Waals surface area contributed by atoms with Crippen molar-refractivity contribution in [2.45, 2.75) is 12.7 Å². The predicted molar refractivity (Wildman–Crippen MR) is 46.2 cm³/mol. The monoisotopic (exact) mass is 153 g/mol. The van der Waals surface area contributed by atoms with Crippen molar-refractivity contribution in [3.63, 3.8) is 0 Å². The number of hydrogen-bond acceptors (Lipinski definition) is 2. The van der Waals surface area contributed by atoms with Crippen LogP contribution in [0.5, 0.6) is 0 Å². The van der Waals surface area contributed by atoms with Crippen LogP contribution >= 0.6 is 11.8 Å². The number of pyridine rings is 1. The lowest BCUT2D eigenvalue weighted by Crippen LogP contribution is -1.88. The second-order valence-corrected chi connectivity index (χ2v) is 3.07. The molecule has 0 unspecified atom stereocenters. The van der Waals surface area contributed by atoms with E-state index in [1.54, 1.807) is 11.8 Å². The Balaban J connectivity index is 2.81. The molecular weight excluding hydrogens is 142 g/mol. The van der Waals surface area contributed by atoms with Gasteiger partial charge in [-0.25, -0.2) is 0 Å². The fourth-order valence-electron chi connectivity index (χ4n) is 0.806. The summed E-state index contributed by atoms with van der Waals surface area (Å²) in [5, 5.41) is 0. The van der Waals surface area contributed by atoms with Crippen LogP contribution < -0.4 is 0 Å². The van der Waals surface area contributed by atoms with Crippen LogP contribution in [0, 0.1) is 6.92 Å². The third-order valence-corrected chi connectivity index (χ3v) is 1.96. The second-order valence-electron chi connectivity index (χ2n) is 2.20. The molecule has 1 rings (SSSR count). The average Bonchev–Trinajstić information content (AvgIpc) is 1.94. The summed E-state index contributed by atoms with van der Waals surface area (Å²) in [6.45, 7) is 2.10. The molecule has 10 heavy (non-hydrogen) atoms. The van der Waals surface area contributed by atoms with E-state index >= 15 is 0 Å². The molecule has 0 fully saturated rings. The fraction of sp³-hybridized carbons (Fsp3) is 0.375. The van der Waals surface area contributed by atoms with Crippen molar-refractivity contribution in [3.8, 4) is 0 Å². The lowest BCUT2D eigenvalue weighted by molar-refractivity contribution is 1.13. The Kier molecular flexibility index (Phi) is 2.75. The smallest absolute Gasteiger partial charge is 0.0531 e. The number of aromatic nitrogens is 1. The summed E-state index contributed by atoms with van der Waals surface area (Å²) >= 11 is 1.81. The quantitative estimate of drug-likeness (QED) is 0.646. The summed E-state index contributed by atoms with van der Waals surface area (Å²) in [6.07, 6.45) is 3.94. The standard InChI is InChI=1S/C8H11NS/c1-7-4-3-5-9-8(7)6-10-2/h3-5H,6H2,1-2H3. The molecule has 0 atom stereocenters. The highest BCUT2D eigenvalue weighted by molar-refractivity contribution is 7.97. The zero-order valence-corrected chi connectivity index (χ0v) is 7.11. The van der Waals surface area contributed by atoms with Gasteiger partial charge in [0.25, 0.3) is 0 Å². The normalized spacial score (nSPS) is 9.80. The topological polar surface area (TPSA) is 12.9 Å². The second kappa shape index (κ2) is 3.62. The van der Waals surface area contributed by atoms with Crippen molar-refractivity contribution in [2.75, 3.05) is 6.26 Å². The molecule has 0 saturated carbocycles. The fourth-order valence-corrected chi connectivity index (χ4v) is 1.38. The van der Waals surface area contributed by atoms with E-state index in [0.717, 1.165) is 5.75 Å². The molecule has 0 bridgehead atoms. The number of thioether (sulfide) groups is 1. The molecule has 0 aliphatic rings. The van der Waals surface area contributed by atoms with Crippen LogP contribution in [0.15, 0.2) is 18.3 Å². The predicted octanol–water partition coefficient (Wildman–Crippen LogP) is 2.25. The van der Waals surface area contributed by atoms with Crippen molar-refractivity contribution in [2.24, 2.45) is 0 Å². The first kappa shape index (κ1) is 7.61. The van der Waals surface area contributed by atoms with Gasteiger partial charge in [0.15, 0.2) is 0 Å². The zero-order chi connectivity index (χ0) is 7.40. The lowest BCUT2D eigenvalue weighted by atomic mass is 10.2. The van der Waals surface area contributed by atoms with Gasteiger partial charge in [-0.15, -0.1) is 0 Å². The maximum absolute atomic E-state index is 4.25. The Morgan fingerprint density at radius 3 is 3.00 bits per heavy atom. The lowest BCUT2D eigenvalue weighted by Gasteiger charge is -1.99. The van der Waals surface area contributed by atoms with E-state index in [0.29, 0.717) is 0 Å². The van der Waals surface area contributed by atoms with Gasteiger partial charge in [-0.2, -0.15) is 11.8 Å². The van der Waals surface area contributed by atoms with Crippen molar-refractivity contribution in [1.82, 2.24) is 4.98 Å². The Hall–Kier alpha value is -0.500. The Morgan fingerprint density at radius 1 is 1.60 bits per heavy atom. The highest BCUT2D eigenvalue weighted by Crippen LogP contribution is 2.09. The van der Waals surface area contributed by atoms with Gasteiger partial charge in [-0.3, -0.25) is 4.98 Å². The van der Waals surface area contributed by atoms with Gasteiger partial charge in [0.05, 0.1) is 5.69 Å². The summed E-state index contributed by atoms with van der Waals surface area (Å²) in [6, 6.07) is 4.07. The van der Waals surface area contributed by atoms with E-state index in [-0.39, 0.29) is 0 Å². The molecule has 0 amide bonds. The molecule has 0 radical (unpaired) electrons. The Labute approximate surface area is 65.9 Å². The number of hydrogen-bond donors (Lipinski definition) is 0. The largest absolute Gasteiger partial charge is 0.260 e. The summed E-state index contributed by atoms with van der Waals surface area (Å²) in [7, 11) is 0. The summed E-state index contributed by atoms with van der Waals surface area (Å²) in [5.41, 5.74) is 2.49. The highest BCUT2D eigenvalue weighted by atomic mass is 32.2.